The van der Waals surface area contributed by atoms with Crippen LogP contribution in [-0.4, -0.2) is 47.4 Å². The first-order valence-electron chi connectivity index (χ1n) is 13.1. The molecule has 186 valence electrons. The van der Waals surface area contributed by atoms with Crippen LogP contribution in [-0.2, 0) is 7.05 Å². The molecule has 7 heteroatoms. The van der Waals surface area contributed by atoms with E-state index in [4.69, 9.17) is 0 Å². The normalized spacial score (nSPS) is 16.5. The van der Waals surface area contributed by atoms with E-state index in [9.17, 15) is 0 Å². The molecule has 36 heavy (non-hydrogen) atoms. The first-order valence-corrected chi connectivity index (χ1v) is 13.1. The lowest BCUT2D eigenvalue weighted by Gasteiger charge is -2.36. The minimum atomic E-state index is 0.401. The van der Waals surface area contributed by atoms with Crippen molar-refractivity contribution in [3.8, 4) is 11.3 Å². The van der Waals surface area contributed by atoms with Gasteiger partial charge >= 0.3 is 0 Å². The Bertz CT molecular complexity index is 1530. The topological polar surface area (TPSA) is 67.0 Å². The number of nitrogens with zero attached hydrogens (tertiary/aromatic N) is 6. The van der Waals surface area contributed by atoms with Crippen molar-refractivity contribution >= 4 is 16.6 Å². The molecule has 5 aromatic rings. The van der Waals surface area contributed by atoms with Gasteiger partial charge in [0.15, 0.2) is 5.65 Å². The summed E-state index contributed by atoms with van der Waals surface area (Å²) < 4.78 is 3.78. The Hall–Kier alpha value is -3.45. The summed E-state index contributed by atoms with van der Waals surface area (Å²) in [4.78, 5) is 10.7. The molecule has 1 aromatic carbocycles. The number of aromatic amines is 1. The molecule has 1 saturated heterocycles. The number of aryl methyl sites for hydroxylation is 2. The lowest BCUT2D eigenvalue weighted by molar-refractivity contribution is 0.162. The van der Waals surface area contributed by atoms with Crippen molar-refractivity contribution in [2.75, 3.05) is 13.1 Å². The van der Waals surface area contributed by atoms with Gasteiger partial charge in [-0.25, -0.2) is 9.50 Å². The molecule has 0 amide bonds. The van der Waals surface area contributed by atoms with Crippen molar-refractivity contribution in [2.24, 2.45) is 7.05 Å². The monoisotopic (exact) mass is 481 g/mol. The number of hydrogen-bond donors (Lipinski definition) is 1. The molecule has 6 rings (SSSR count). The number of pyridine rings is 1. The molecule has 1 fully saturated rings. The molecule has 0 radical (unpaired) electrons. The van der Waals surface area contributed by atoms with Crippen LogP contribution in [0, 0.1) is 6.92 Å². The zero-order valence-electron chi connectivity index (χ0n) is 21.9. The lowest BCUT2D eigenvalue weighted by Crippen LogP contribution is -2.34. The van der Waals surface area contributed by atoms with Gasteiger partial charge in [-0.05, 0) is 86.5 Å². The zero-order chi connectivity index (χ0) is 25.0. The maximum atomic E-state index is 4.39. The molecule has 1 unspecified atom stereocenters. The summed E-state index contributed by atoms with van der Waals surface area (Å²) in [5.74, 6) is 0.997. The summed E-state index contributed by atoms with van der Waals surface area (Å²) in [6.07, 6.45) is 10.2. The molecule has 4 aromatic heterocycles. The fourth-order valence-electron chi connectivity index (χ4n) is 6.03. The summed E-state index contributed by atoms with van der Waals surface area (Å²) >= 11 is 0. The Labute approximate surface area is 212 Å². The molecule has 5 heterocycles. The van der Waals surface area contributed by atoms with Crippen LogP contribution in [0.5, 0.6) is 0 Å². The third-order valence-corrected chi connectivity index (χ3v) is 8.04. The third kappa shape index (κ3) is 3.91. The maximum Gasteiger partial charge on any atom is 0.158 e. The van der Waals surface area contributed by atoms with Gasteiger partial charge in [0.1, 0.15) is 6.33 Å². The Balaban J connectivity index is 1.30. The highest BCUT2D eigenvalue weighted by atomic mass is 15.3. The van der Waals surface area contributed by atoms with Gasteiger partial charge < -0.3 is 4.98 Å². The molecule has 0 aliphatic carbocycles. The predicted molar refractivity (Wildman–Crippen MR) is 144 cm³/mol. The summed E-state index contributed by atoms with van der Waals surface area (Å²) in [5.41, 5.74) is 9.75. The number of fused-ring (bicyclic) bond motifs is 2. The van der Waals surface area contributed by atoms with Gasteiger partial charge in [-0.2, -0.15) is 10.2 Å². The maximum absolute atomic E-state index is 4.39. The first-order chi connectivity index (χ1) is 17.4. The average Bonchev–Trinajstić information content (AvgIpc) is 3.61. The van der Waals surface area contributed by atoms with E-state index in [0.29, 0.717) is 17.9 Å². The number of likely N-dealkylation sites (tertiary alicyclic amines) is 1. The number of nitrogens with one attached hydrogen (secondary N) is 1. The highest BCUT2D eigenvalue weighted by molar-refractivity contribution is 5.92. The molecule has 1 N–H and O–H groups in total. The molecule has 0 bridgehead atoms. The number of H-pyrrole nitrogens is 1. The van der Waals surface area contributed by atoms with Crippen molar-refractivity contribution in [2.45, 2.75) is 58.4 Å². The van der Waals surface area contributed by atoms with Crippen molar-refractivity contribution in [1.82, 2.24) is 34.3 Å². The van der Waals surface area contributed by atoms with Crippen LogP contribution in [0.4, 0.5) is 0 Å². The summed E-state index contributed by atoms with van der Waals surface area (Å²) in [6.45, 7) is 11.2. The fourth-order valence-corrected chi connectivity index (χ4v) is 6.03. The van der Waals surface area contributed by atoms with Crippen molar-refractivity contribution in [1.29, 1.82) is 0 Å². The Morgan fingerprint density at radius 2 is 1.83 bits per heavy atom. The number of benzene rings is 1. The van der Waals surface area contributed by atoms with Crippen LogP contribution in [0.15, 0.2) is 49.2 Å². The highest BCUT2D eigenvalue weighted by Crippen LogP contribution is 2.39. The van der Waals surface area contributed by atoms with Crippen molar-refractivity contribution in [3.05, 3.63) is 71.4 Å². The third-order valence-electron chi connectivity index (χ3n) is 8.04. The van der Waals surface area contributed by atoms with E-state index in [1.807, 2.05) is 22.4 Å². The van der Waals surface area contributed by atoms with E-state index in [2.05, 4.69) is 89.4 Å². The van der Waals surface area contributed by atoms with Gasteiger partial charge in [0.25, 0.3) is 0 Å². The van der Waals surface area contributed by atoms with Gasteiger partial charge in [-0.15, -0.1) is 0 Å². The number of rotatable bonds is 5. The minimum Gasteiger partial charge on any atom is -0.354 e. The quantitative estimate of drug-likeness (QED) is 0.335. The lowest BCUT2D eigenvalue weighted by atomic mass is 9.87. The number of hydrogen-bond acceptors (Lipinski definition) is 4. The first kappa shape index (κ1) is 23.0. The largest absolute Gasteiger partial charge is 0.354 e. The van der Waals surface area contributed by atoms with Gasteiger partial charge in [0.2, 0.25) is 0 Å². The van der Waals surface area contributed by atoms with Crippen LogP contribution in [0.25, 0.3) is 27.8 Å². The van der Waals surface area contributed by atoms with Crippen molar-refractivity contribution in [3.63, 3.8) is 0 Å². The van der Waals surface area contributed by atoms with Crippen LogP contribution < -0.4 is 0 Å². The van der Waals surface area contributed by atoms with E-state index in [-0.39, 0.29) is 0 Å². The number of aromatic nitrogens is 6. The molecule has 0 saturated carbocycles. The molecule has 0 spiro atoms. The second kappa shape index (κ2) is 8.89. The summed E-state index contributed by atoms with van der Waals surface area (Å²) in [6, 6.07) is 9.71. The van der Waals surface area contributed by atoms with Gasteiger partial charge in [-0.3, -0.25) is 9.58 Å². The van der Waals surface area contributed by atoms with Gasteiger partial charge in [0.05, 0.1) is 11.9 Å². The van der Waals surface area contributed by atoms with E-state index >= 15 is 0 Å². The second-order valence-corrected chi connectivity index (χ2v) is 10.7. The summed E-state index contributed by atoms with van der Waals surface area (Å²) in [5, 5.41) is 10.1. The molecular weight excluding hydrogens is 446 g/mol. The average molecular weight is 482 g/mol. The standard InChI is InChI=1S/C29H35N7/c1-18(2)27-25-13-22(21-8-10-35(11-9-21)20(4)24-14-31-34(5)15-24)6-7-26(25)33-28(27)23-12-19(3)29-30-17-32-36(29)16-23/h6-7,12-18,20-21,33H,8-11H2,1-5H3. The van der Waals surface area contributed by atoms with E-state index in [1.165, 1.54) is 46.1 Å². The SMILES string of the molecule is Cc1cc(-c2[nH]c3ccc(C4CCN(C(C)c5cnn(C)c5)CC4)cc3c2C(C)C)cn2ncnc12. The van der Waals surface area contributed by atoms with E-state index in [1.54, 1.807) is 6.33 Å². The second-order valence-electron chi connectivity index (χ2n) is 10.7. The van der Waals surface area contributed by atoms with Gasteiger partial charge in [-0.1, -0.05) is 19.9 Å². The number of piperidine rings is 1. The van der Waals surface area contributed by atoms with E-state index in [0.717, 1.165) is 29.9 Å². The van der Waals surface area contributed by atoms with Crippen LogP contribution >= 0.6 is 0 Å². The molecule has 1 aliphatic rings. The Kier molecular flexibility index (Phi) is 5.67. The molecule has 1 aliphatic heterocycles. The summed E-state index contributed by atoms with van der Waals surface area (Å²) in [7, 11) is 1.99. The fraction of sp³-hybridized carbons (Fsp3) is 0.414. The molecular formula is C29H35N7. The smallest absolute Gasteiger partial charge is 0.158 e. The highest BCUT2D eigenvalue weighted by Gasteiger charge is 2.26. The Morgan fingerprint density at radius 3 is 2.56 bits per heavy atom. The van der Waals surface area contributed by atoms with Crippen LogP contribution in [0.1, 0.15) is 73.7 Å². The molecule has 1 atom stereocenters. The van der Waals surface area contributed by atoms with Crippen LogP contribution in [0.2, 0.25) is 0 Å². The van der Waals surface area contributed by atoms with Gasteiger partial charge in [0, 0.05) is 47.5 Å². The van der Waals surface area contributed by atoms with E-state index < -0.39 is 0 Å². The van der Waals surface area contributed by atoms with Crippen LogP contribution in [0.3, 0.4) is 0 Å². The molecule has 7 nitrogen and oxygen atoms in total. The minimum absolute atomic E-state index is 0.401. The Morgan fingerprint density at radius 1 is 1.03 bits per heavy atom. The predicted octanol–water partition coefficient (Wildman–Crippen LogP) is 5.98. The zero-order valence-corrected chi connectivity index (χ0v) is 21.9. The van der Waals surface area contributed by atoms with Crippen molar-refractivity contribution < 1.29 is 0 Å².